The first-order valence-corrected chi connectivity index (χ1v) is 5.44. The number of amides is 1. The third-order valence-electron chi connectivity index (χ3n) is 2.26. The first kappa shape index (κ1) is 12.7. The smallest absolute Gasteiger partial charge is 0.272 e. The Hall–Kier alpha value is -1.36. The number of rotatable bonds is 5. The summed E-state index contributed by atoms with van der Waals surface area (Å²) < 4.78 is 1.57. The summed E-state index contributed by atoms with van der Waals surface area (Å²) >= 11 is 0. The van der Waals surface area contributed by atoms with Gasteiger partial charge in [-0.05, 0) is 18.4 Å². The number of aromatic nitrogens is 2. The molecule has 0 aliphatic heterocycles. The van der Waals surface area contributed by atoms with Crippen LogP contribution >= 0.6 is 0 Å². The molecule has 0 aliphatic carbocycles. The summed E-state index contributed by atoms with van der Waals surface area (Å²) in [6.45, 7) is 4.06. The molecular weight excluding hydrogens is 206 g/mol. The Kier molecular flexibility index (Phi) is 4.49. The maximum Gasteiger partial charge on any atom is 0.272 e. The molecule has 0 radical (unpaired) electrons. The topological polar surface area (TPSA) is 67.2 Å². The van der Waals surface area contributed by atoms with Crippen molar-refractivity contribution in [1.29, 1.82) is 0 Å². The third-order valence-corrected chi connectivity index (χ3v) is 2.26. The summed E-state index contributed by atoms with van der Waals surface area (Å²) in [5, 5.41) is 15.9. The first-order chi connectivity index (χ1) is 7.52. The highest BCUT2D eigenvalue weighted by atomic mass is 16.3. The van der Waals surface area contributed by atoms with E-state index in [1.54, 1.807) is 24.0 Å². The third kappa shape index (κ3) is 3.66. The largest absolute Gasteiger partial charge is 0.394 e. The standard InChI is InChI=1S/C11H19N3O2/c1-8(2)6-9(7-15)12-11(16)10-4-5-14(3)13-10/h4-5,8-9,15H,6-7H2,1-3H3,(H,12,16). The summed E-state index contributed by atoms with van der Waals surface area (Å²) in [4.78, 5) is 11.7. The fourth-order valence-corrected chi connectivity index (χ4v) is 1.54. The molecule has 1 unspecified atom stereocenters. The van der Waals surface area contributed by atoms with Crippen LogP contribution < -0.4 is 5.32 Å². The Morgan fingerprint density at radius 1 is 1.62 bits per heavy atom. The zero-order valence-corrected chi connectivity index (χ0v) is 9.97. The quantitative estimate of drug-likeness (QED) is 0.769. The van der Waals surface area contributed by atoms with Crippen LogP contribution in [0.3, 0.4) is 0 Å². The maximum atomic E-state index is 11.7. The number of hydrogen-bond donors (Lipinski definition) is 2. The lowest BCUT2D eigenvalue weighted by atomic mass is 10.0. The van der Waals surface area contributed by atoms with Crippen molar-refractivity contribution in [2.75, 3.05) is 6.61 Å². The van der Waals surface area contributed by atoms with E-state index >= 15 is 0 Å². The van der Waals surface area contributed by atoms with Gasteiger partial charge < -0.3 is 10.4 Å². The van der Waals surface area contributed by atoms with Crippen LogP contribution in [0.25, 0.3) is 0 Å². The zero-order chi connectivity index (χ0) is 12.1. The molecule has 0 bridgehead atoms. The van der Waals surface area contributed by atoms with E-state index in [1.165, 1.54) is 0 Å². The molecule has 1 rings (SSSR count). The van der Waals surface area contributed by atoms with Crippen LogP contribution in [-0.2, 0) is 7.05 Å². The van der Waals surface area contributed by atoms with Crippen LogP contribution in [0.4, 0.5) is 0 Å². The van der Waals surface area contributed by atoms with Crippen molar-refractivity contribution in [1.82, 2.24) is 15.1 Å². The molecule has 0 saturated heterocycles. The maximum absolute atomic E-state index is 11.7. The Balaban J connectivity index is 2.55. The molecule has 1 aromatic heterocycles. The second kappa shape index (κ2) is 5.65. The van der Waals surface area contributed by atoms with E-state index in [0.29, 0.717) is 11.6 Å². The Morgan fingerprint density at radius 3 is 2.75 bits per heavy atom. The predicted octanol–water partition coefficient (Wildman–Crippen LogP) is 0.557. The Bertz CT molecular complexity index is 347. The van der Waals surface area contributed by atoms with Crippen molar-refractivity contribution in [3.05, 3.63) is 18.0 Å². The van der Waals surface area contributed by atoms with Crippen molar-refractivity contribution in [2.24, 2.45) is 13.0 Å². The lowest BCUT2D eigenvalue weighted by molar-refractivity contribution is 0.0902. The number of carbonyl (C=O) groups excluding carboxylic acids is 1. The van der Waals surface area contributed by atoms with Crippen molar-refractivity contribution in [3.8, 4) is 0 Å². The highest BCUT2D eigenvalue weighted by molar-refractivity contribution is 5.92. The fourth-order valence-electron chi connectivity index (χ4n) is 1.54. The number of nitrogens with zero attached hydrogens (tertiary/aromatic N) is 2. The van der Waals surface area contributed by atoms with Gasteiger partial charge in [-0.3, -0.25) is 9.48 Å². The summed E-state index contributed by atoms with van der Waals surface area (Å²) in [5.74, 6) is 0.196. The molecule has 0 fully saturated rings. The van der Waals surface area contributed by atoms with Crippen molar-refractivity contribution >= 4 is 5.91 Å². The number of carbonyl (C=O) groups is 1. The summed E-state index contributed by atoms with van der Waals surface area (Å²) in [6.07, 6.45) is 2.47. The summed E-state index contributed by atoms with van der Waals surface area (Å²) in [6, 6.07) is 1.45. The molecule has 16 heavy (non-hydrogen) atoms. The van der Waals surface area contributed by atoms with Gasteiger partial charge in [0.25, 0.3) is 5.91 Å². The first-order valence-electron chi connectivity index (χ1n) is 5.44. The van der Waals surface area contributed by atoms with E-state index in [0.717, 1.165) is 6.42 Å². The van der Waals surface area contributed by atoms with Crippen LogP contribution in [0.1, 0.15) is 30.8 Å². The van der Waals surface area contributed by atoms with Crippen LogP contribution in [0.15, 0.2) is 12.3 Å². The lowest BCUT2D eigenvalue weighted by Gasteiger charge is -2.17. The van der Waals surface area contributed by atoms with E-state index in [2.05, 4.69) is 24.3 Å². The van der Waals surface area contributed by atoms with Gasteiger partial charge in [-0.25, -0.2) is 0 Å². The van der Waals surface area contributed by atoms with E-state index in [4.69, 9.17) is 5.11 Å². The second-order valence-electron chi connectivity index (χ2n) is 4.36. The van der Waals surface area contributed by atoms with Crippen molar-refractivity contribution in [2.45, 2.75) is 26.3 Å². The highest BCUT2D eigenvalue weighted by Crippen LogP contribution is 2.05. The number of aliphatic hydroxyl groups is 1. The minimum Gasteiger partial charge on any atom is -0.394 e. The van der Waals surface area contributed by atoms with Crippen molar-refractivity contribution < 1.29 is 9.90 Å². The van der Waals surface area contributed by atoms with Gasteiger partial charge in [0.2, 0.25) is 0 Å². The van der Waals surface area contributed by atoms with E-state index < -0.39 is 0 Å². The Labute approximate surface area is 95.5 Å². The number of hydrogen-bond acceptors (Lipinski definition) is 3. The van der Waals surface area contributed by atoms with Gasteiger partial charge in [-0.15, -0.1) is 0 Å². The molecule has 0 spiro atoms. The predicted molar refractivity (Wildman–Crippen MR) is 61.0 cm³/mol. The highest BCUT2D eigenvalue weighted by Gasteiger charge is 2.15. The summed E-state index contributed by atoms with van der Waals surface area (Å²) in [5.41, 5.74) is 0.379. The molecule has 2 N–H and O–H groups in total. The molecule has 1 heterocycles. The van der Waals surface area contributed by atoms with Gasteiger partial charge >= 0.3 is 0 Å². The molecule has 1 atom stereocenters. The average molecular weight is 225 g/mol. The second-order valence-corrected chi connectivity index (χ2v) is 4.36. The van der Waals surface area contributed by atoms with Crippen LogP contribution in [0.5, 0.6) is 0 Å². The van der Waals surface area contributed by atoms with Crippen LogP contribution in [0, 0.1) is 5.92 Å². The van der Waals surface area contributed by atoms with Gasteiger partial charge in [0.05, 0.1) is 12.6 Å². The van der Waals surface area contributed by atoms with E-state index in [1.807, 2.05) is 0 Å². The number of aryl methyl sites for hydroxylation is 1. The molecule has 1 amide bonds. The molecule has 5 nitrogen and oxygen atoms in total. The van der Waals surface area contributed by atoms with Gasteiger partial charge in [-0.1, -0.05) is 13.8 Å². The number of nitrogens with one attached hydrogen (secondary N) is 1. The van der Waals surface area contributed by atoms with Crippen LogP contribution in [0.2, 0.25) is 0 Å². The number of aliphatic hydroxyl groups excluding tert-OH is 1. The van der Waals surface area contributed by atoms with E-state index in [-0.39, 0.29) is 18.6 Å². The molecule has 0 aliphatic rings. The van der Waals surface area contributed by atoms with Gasteiger partial charge in [0, 0.05) is 13.2 Å². The minimum atomic E-state index is -0.236. The van der Waals surface area contributed by atoms with Crippen molar-refractivity contribution in [3.63, 3.8) is 0 Å². The monoisotopic (exact) mass is 225 g/mol. The van der Waals surface area contributed by atoms with Crippen LogP contribution in [-0.4, -0.2) is 33.4 Å². The van der Waals surface area contributed by atoms with E-state index in [9.17, 15) is 4.79 Å². The average Bonchev–Trinajstić information content (AvgIpc) is 2.63. The normalized spacial score (nSPS) is 12.8. The molecule has 90 valence electrons. The molecular formula is C11H19N3O2. The SMILES string of the molecule is CC(C)CC(CO)NC(=O)c1ccn(C)n1. The molecule has 1 aromatic rings. The fraction of sp³-hybridized carbons (Fsp3) is 0.636. The van der Waals surface area contributed by atoms with Gasteiger partial charge in [0.1, 0.15) is 5.69 Å². The van der Waals surface area contributed by atoms with Gasteiger partial charge in [-0.2, -0.15) is 5.10 Å². The zero-order valence-electron chi connectivity index (χ0n) is 9.97. The molecule has 5 heteroatoms. The molecule has 0 aromatic carbocycles. The summed E-state index contributed by atoms with van der Waals surface area (Å²) in [7, 11) is 1.76. The Morgan fingerprint density at radius 2 is 2.31 bits per heavy atom. The lowest BCUT2D eigenvalue weighted by Crippen LogP contribution is -2.38. The molecule has 0 saturated carbocycles. The minimum absolute atomic E-state index is 0.0449. The van der Waals surface area contributed by atoms with Gasteiger partial charge in [0.15, 0.2) is 0 Å².